The first-order valence-electron chi connectivity index (χ1n) is 10.6. The molecule has 0 unspecified atom stereocenters. The third-order valence-corrected chi connectivity index (χ3v) is 8.40. The van der Waals surface area contributed by atoms with Gasteiger partial charge < -0.3 is 4.57 Å². The SMILES string of the molecule is O=S(=O)(N1CCCC1)N1CCCN(Cc2cncn2C2CCCCC2)CC1. The zero-order chi connectivity index (χ0) is 18.7. The maximum atomic E-state index is 12.8. The van der Waals surface area contributed by atoms with E-state index in [4.69, 9.17) is 0 Å². The number of aromatic nitrogens is 2. The lowest BCUT2D eigenvalue weighted by molar-refractivity contribution is 0.260. The van der Waals surface area contributed by atoms with Crippen LogP contribution in [-0.2, 0) is 16.8 Å². The molecule has 2 saturated heterocycles. The topological polar surface area (TPSA) is 61.7 Å². The molecule has 1 saturated carbocycles. The maximum Gasteiger partial charge on any atom is 0.282 e. The predicted octanol–water partition coefficient (Wildman–Crippen LogP) is 2.24. The van der Waals surface area contributed by atoms with Crippen LogP contribution in [0.15, 0.2) is 12.5 Å². The minimum atomic E-state index is -3.27. The van der Waals surface area contributed by atoms with E-state index in [0.717, 1.165) is 38.9 Å². The standard InChI is InChI=1S/C19H33N5O2S/c25-27(26,22-10-4-5-11-22)23-12-6-9-21(13-14-23)16-19-15-20-17-24(19)18-7-2-1-3-8-18/h15,17-18H,1-14,16H2. The van der Waals surface area contributed by atoms with Gasteiger partial charge >= 0.3 is 0 Å². The van der Waals surface area contributed by atoms with E-state index in [1.54, 1.807) is 8.61 Å². The molecule has 3 aliphatic rings. The van der Waals surface area contributed by atoms with Gasteiger partial charge in [-0.15, -0.1) is 0 Å². The predicted molar refractivity (Wildman–Crippen MR) is 106 cm³/mol. The van der Waals surface area contributed by atoms with E-state index in [0.29, 0.717) is 32.2 Å². The van der Waals surface area contributed by atoms with Crippen molar-refractivity contribution in [2.75, 3.05) is 39.3 Å². The summed E-state index contributed by atoms with van der Waals surface area (Å²) in [5, 5.41) is 0. The van der Waals surface area contributed by atoms with Gasteiger partial charge in [0.15, 0.2) is 0 Å². The van der Waals surface area contributed by atoms with Crippen LogP contribution < -0.4 is 0 Å². The molecule has 1 aromatic rings. The largest absolute Gasteiger partial charge is 0.330 e. The molecule has 8 heteroatoms. The van der Waals surface area contributed by atoms with Crippen LogP contribution in [0.1, 0.15) is 63.1 Å². The smallest absolute Gasteiger partial charge is 0.282 e. The van der Waals surface area contributed by atoms with E-state index in [1.807, 2.05) is 12.5 Å². The average molecular weight is 396 g/mol. The quantitative estimate of drug-likeness (QED) is 0.767. The number of nitrogens with zero attached hydrogens (tertiary/aromatic N) is 5. The molecule has 0 amide bonds. The number of hydrogen-bond acceptors (Lipinski definition) is 4. The Bertz CT molecular complexity index is 707. The maximum absolute atomic E-state index is 12.8. The summed E-state index contributed by atoms with van der Waals surface area (Å²) >= 11 is 0. The first kappa shape index (κ1) is 19.4. The van der Waals surface area contributed by atoms with Crippen LogP contribution in [-0.4, -0.2) is 70.7 Å². The number of imidazole rings is 1. The molecule has 3 fully saturated rings. The second-order valence-corrected chi connectivity index (χ2v) is 10.2. The molecule has 3 heterocycles. The van der Waals surface area contributed by atoms with Crippen molar-refractivity contribution in [1.82, 2.24) is 23.1 Å². The van der Waals surface area contributed by atoms with Crippen molar-refractivity contribution in [2.45, 2.75) is 64.0 Å². The lowest BCUT2D eigenvalue weighted by atomic mass is 9.95. The monoisotopic (exact) mass is 395 g/mol. The molecule has 152 valence electrons. The van der Waals surface area contributed by atoms with Crippen molar-refractivity contribution in [3.63, 3.8) is 0 Å². The van der Waals surface area contributed by atoms with E-state index in [9.17, 15) is 8.42 Å². The normalized spacial score (nSPS) is 25.0. The third-order valence-electron chi connectivity index (χ3n) is 6.37. The van der Waals surface area contributed by atoms with Gasteiger partial charge in [0.25, 0.3) is 10.2 Å². The Hall–Kier alpha value is -0.960. The van der Waals surface area contributed by atoms with Gasteiger partial charge in [0.2, 0.25) is 0 Å². The summed E-state index contributed by atoms with van der Waals surface area (Å²) in [6.07, 6.45) is 13.4. The molecule has 0 N–H and O–H groups in total. The van der Waals surface area contributed by atoms with Gasteiger partial charge in [-0.25, -0.2) is 4.98 Å². The van der Waals surface area contributed by atoms with Crippen molar-refractivity contribution in [1.29, 1.82) is 0 Å². The molecule has 0 radical (unpaired) electrons. The minimum Gasteiger partial charge on any atom is -0.330 e. The lowest BCUT2D eigenvalue weighted by Gasteiger charge is -2.27. The Morgan fingerprint density at radius 1 is 0.852 bits per heavy atom. The van der Waals surface area contributed by atoms with E-state index < -0.39 is 10.2 Å². The third kappa shape index (κ3) is 4.39. The fourth-order valence-electron chi connectivity index (χ4n) is 4.79. The molecule has 0 aromatic carbocycles. The van der Waals surface area contributed by atoms with Crippen LogP contribution in [0.5, 0.6) is 0 Å². The van der Waals surface area contributed by atoms with Crippen LogP contribution in [0.25, 0.3) is 0 Å². The van der Waals surface area contributed by atoms with Gasteiger partial charge in [-0.2, -0.15) is 17.0 Å². The first-order valence-corrected chi connectivity index (χ1v) is 12.0. The molecular weight excluding hydrogens is 362 g/mol. The average Bonchev–Trinajstić information content (AvgIpc) is 3.32. The lowest BCUT2D eigenvalue weighted by Crippen LogP contribution is -2.44. The van der Waals surface area contributed by atoms with Gasteiger partial charge in [-0.3, -0.25) is 4.90 Å². The summed E-state index contributed by atoms with van der Waals surface area (Å²) < 4.78 is 31.4. The van der Waals surface area contributed by atoms with Crippen molar-refractivity contribution >= 4 is 10.2 Å². The molecular formula is C19H33N5O2S. The van der Waals surface area contributed by atoms with E-state index in [1.165, 1.54) is 37.8 Å². The summed E-state index contributed by atoms with van der Waals surface area (Å²) in [5.74, 6) is 0. The zero-order valence-electron chi connectivity index (χ0n) is 16.3. The fourth-order valence-corrected chi connectivity index (χ4v) is 6.51. The van der Waals surface area contributed by atoms with Crippen molar-refractivity contribution in [2.24, 2.45) is 0 Å². The van der Waals surface area contributed by atoms with Crippen LogP contribution in [0.3, 0.4) is 0 Å². The molecule has 1 aliphatic carbocycles. The van der Waals surface area contributed by atoms with E-state index in [-0.39, 0.29) is 0 Å². The van der Waals surface area contributed by atoms with Gasteiger partial charge in [-0.1, -0.05) is 19.3 Å². The Morgan fingerprint density at radius 3 is 2.33 bits per heavy atom. The Morgan fingerprint density at radius 2 is 1.56 bits per heavy atom. The highest BCUT2D eigenvalue weighted by Crippen LogP contribution is 2.29. The molecule has 0 bridgehead atoms. The van der Waals surface area contributed by atoms with Gasteiger partial charge in [0, 0.05) is 51.5 Å². The first-order chi connectivity index (χ1) is 13.1. The van der Waals surface area contributed by atoms with Crippen LogP contribution >= 0.6 is 0 Å². The minimum absolute atomic E-state index is 0.593. The number of rotatable bonds is 5. The molecule has 0 spiro atoms. The van der Waals surface area contributed by atoms with Gasteiger partial charge in [0.05, 0.1) is 12.0 Å². The van der Waals surface area contributed by atoms with Crippen molar-refractivity contribution < 1.29 is 8.42 Å². The van der Waals surface area contributed by atoms with Crippen LogP contribution in [0.4, 0.5) is 0 Å². The number of hydrogen-bond donors (Lipinski definition) is 0. The van der Waals surface area contributed by atoms with Crippen molar-refractivity contribution in [3.05, 3.63) is 18.2 Å². The Kier molecular flexibility index (Phi) is 6.16. The molecule has 7 nitrogen and oxygen atoms in total. The highest BCUT2D eigenvalue weighted by atomic mass is 32.2. The summed E-state index contributed by atoms with van der Waals surface area (Å²) in [5.41, 5.74) is 1.28. The highest BCUT2D eigenvalue weighted by Gasteiger charge is 2.32. The van der Waals surface area contributed by atoms with Crippen LogP contribution in [0, 0.1) is 0 Å². The summed E-state index contributed by atoms with van der Waals surface area (Å²) in [4.78, 5) is 6.81. The zero-order valence-corrected chi connectivity index (χ0v) is 17.1. The van der Waals surface area contributed by atoms with Gasteiger partial charge in [-0.05, 0) is 38.6 Å². The van der Waals surface area contributed by atoms with Gasteiger partial charge in [0.1, 0.15) is 0 Å². The van der Waals surface area contributed by atoms with E-state index >= 15 is 0 Å². The molecule has 2 aliphatic heterocycles. The summed E-state index contributed by atoms with van der Waals surface area (Å²) in [6.45, 7) is 5.21. The highest BCUT2D eigenvalue weighted by molar-refractivity contribution is 7.86. The second kappa shape index (κ2) is 8.59. The fraction of sp³-hybridized carbons (Fsp3) is 0.842. The summed E-state index contributed by atoms with van der Waals surface area (Å²) in [7, 11) is -3.27. The van der Waals surface area contributed by atoms with Crippen LogP contribution in [0.2, 0.25) is 0 Å². The molecule has 0 atom stereocenters. The second-order valence-electron chi connectivity index (χ2n) is 8.23. The molecule has 27 heavy (non-hydrogen) atoms. The summed E-state index contributed by atoms with van der Waals surface area (Å²) in [6, 6.07) is 0.593. The molecule has 1 aromatic heterocycles. The molecule has 4 rings (SSSR count). The Labute approximate surface area is 163 Å². The van der Waals surface area contributed by atoms with E-state index in [2.05, 4.69) is 14.5 Å². The van der Waals surface area contributed by atoms with Crippen molar-refractivity contribution in [3.8, 4) is 0 Å². The Balaban J connectivity index is 1.37.